The van der Waals surface area contributed by atoms with E-state index < -0.39 is 16.1 Å². The fraction of sp³-hybridized carbons (Fsp3) is 0.429. The van der Waals surface area contributed by atoms with Crippen LogP contribution >= 0.6 is 15.9 Å². The van der Waals surface area contributed by atoms with E-state index in [-0.39, 0.29) is 0 Å². The average molecular weight is 614 g/mol. The van der Waals surface area contributed by atoms with E-state index >= 15 is 0 Å². The predicted molar refractivity (Wildman–Crippen MR) is 155 cm³/mol. The second-order valence-corrected chi connectivity index (χ2v) is 13.6. The van der Waals surface area contributed by atoms with Crippen molar-refractivity contribution in [2.24, 2.45) is 0 Å². The number of likely N-dealkylation sites (tertiary alicyclic amines) is 1. The number of halogens is 1. The number of sulfonamides is 1. The van der Waals surface area contributed by atoms with Gasteiger partial charge in [0.2, 0.25) is 10.0 Å². The smallest absolute Gasteiger partial charge is 0.211 e. The molecule has 1 fully saturated rings. The molecule has 1 saturated heterocycles. The molecule has 2 aliphatic rings. The number of aromatic amines is 1. The number of hydrogen-bond acceptors (Lipinski definition) is 6. The number of H-pyrrole nitrogens is 1. The minimum Gasteiger partial charge on any atom is -0.390 e. The van der Waals surface area contributed by atoms with E-state index in [9.17, 15) is 13.5 Å². The van der Waals surface area contributed by atoms with Gasteiger partial charge in [0.05, 0.1) is 24.6 Å². The number of benzene rings is 1. The minimum atomic E-state index is -3.31. The molecular weight excluding hydrogens is 580 g/mol. The fourth-order valence-corrected chi connectivity index (χ4v) is 7.09. The standard InChI is InChI=1S/C28H33BrN6O3S/c1-39(37,38)34-14-10-26-25(18-34)27(20-4-6-21(29)7-5-20)32-35(26)17-22(36)16-33-12-8-19(9-13-33)24-15-31-28-23(24)3-2-11-30-28/h2-7,11,15,19,22,36H,8-10,12-14,16-18H2,1H3,(H,30,31). The van der Waals surface area contributed by atoms with Gasteiger partial charge in [0.1, 0.15) is 5.65 Å². The van der Waals surface area contributed by atoms with Crippen LogP contribution in [0.15, 0.2) is 53.3 Å². The van der Waals surface area contributed by atoms with Gasteiger partial charge in [0.25, 0.3) is 0 Å². The summed E-state index contributed by atoms with van der Waals surface area (Å²) >= 11 is 3.48. The van der Waals surface area contributed by atoms with E-state index in [2.05, 4.69) is 43.1 Å². The van der Waals surface area contributed by atoms with Gasteiger partial charge >= 0.3 is 0 Å². The third-order valence-electron chi connectivity index (χ3n) is 8.05. The van der Waals surface area contributed by atoms with Crippen LogP contribution in [0.25, 0.3) is 22.3 Å². The summed E-state index contributed by atoms with van der Waals surface area (Å²) in [6, 6.07) is 12.0. The highest BCUT2D eigenvalue weighted by atomic mass is 79.9. The number of nitrogens with zero attached hydrogens (tertiary/aromatic N) is 5. The average Bonchev–Trinajstić information content (AvgIpc) is 3.51. The van der Waals surface area contributed by atoms with Gasteiger partial charge in [-0.1, -0.05) is 28.1 Å². The zero-order valence-electron chi connectivity index (χ0n) is 21.9. The molecule has 39 heavy (non-hydrogen) atoms. The van der Waals surface area contributed by atoms with Crippen LogP contribution in [-0.2, 0) is 29.5 Å². The summed E-state index contributed by atoms with van der Waals surface area (Å²) in [5.74, 6) is 0.487. The maximum absolute atomic E-state index is 12.3. The Hall–Kier alpha value is -2.57. The van der Waals surface area contributed by atoms with Crippen molar-refractivity contribution in [2.45, 2.75) is 44.4 Å². The molecule has 6 rings (SSSR count). The Labute approximate surface area is 237 Å². The molecule has 0 saturated carbocycles. The molecule has 2 N–H and O–H groups in total. The van der Waals surface area contributed by atoms with Crippen LogP contribution in [0.2, 0.25) is 0 Å². The summed E-state index contributed by atoms with van der Waals surface area (Å²) in [5.41, 5.74) is 5.94. The van der Waals surface area contributed by atoms with Crippen molar-refractivity contribution >= 4 is 37.0 Å². The highest BCUT2D eigenvalue weighted by molar-refractivity contribution is 9.10. The van der Waals surface area contributed by atoms with Gasteiger partial charge in [0, 0.05) is 65.1 Å². The number of pyridine rings is 1. The van der Waals surface area contributed by atoms with Gasteiger partial charge in [-0.2, -0.15) is 9.40 Å². The van der Waals surface area contributed by atoms with Crippen molar-refractivity contribution < 1.29 is 13.5 Å². The van der Waals surface area contributed by atoms with E-state index in [1.54, 1.807) is 0 Å². The third kappa shape index (κ3) is 5.55. The van der Waals surface area contributed by atoms with Crippen molar-refractivity contribution in [1.29, 1.82) is 0 Å². The normalized spacial score (nSPS) is 18.4. The molecule has 1 aromatic carbocycles. The first kappa shape index (κ1) is 26.6. The van der Waals surface area contributed by atoms with Crippen molar-refractivity contribution in [3.63, 3.8) is 0 Å². The number of aromatic nitrogens is 4. The third-order valence-corrected chi connectivity index (χ3v) is 9.83. The largest absolute Gasteiger partial charge is 0.390 e. The molecule has 1 unspecified atom stereocenters. The van der Waals surface area contributed by atoms with Crippen LogP contribution in [0.5, 0.6) is 0 Å². The second kappa shape index (κ2) is 10.8. The Morgan fingerprint density at radius 1 is 1.13 bits per heavy atom. The molecule has 0 amide bonds. The number of aliphatic hydroxyl groups is 1. The summed E-state index contributed by atoms with van der Waals surface area (Å²) in [7, 11) is -3.31. The molecule has 0 aliphatic carbocycles. The Balaban J connectivity index is 1.15. The predicted octanol–water partition coefficient (Wildman–Crippen LogP) is 3.75. The topological polar surface area (TPSA) is 107 Å². The molecule has 4 aromatic rings. The molecule has 3 aromatic heterocycles. The summed E-state index contributed by atoms with van der Waals surface area (Å²) in [4.78, 5) is 10.1. The number of rotatable bonds is 7. The molecular formula is C28H33BrN6O3S. The Morgan fingerprint density at radius 3 is 2.64 bits per heavy atom. The zero-order chi connectivity index (χ0) is 27.1. The fourth-order valence-electron chi connectivity index (χ4n) is 6.04. The van der Waals surface area contributed by atoms with E-state index in [1.165, 1.54) is 21.5 Å². The number of hydrogen-bond donors (Lipinski definition) is 2. The molecule has 2 aliphatic heterocycles. The summed E-state index contributed by atoms with van der Waals surface area (Å²) in [6.07, 6.45) is 7.25. The monoisotopic (exact) mass is 612 g/mol. The van der Waals surface area contributed by atoms with Crippen LogP contribution in [0, 0.1) is 0 Å². The molecule has 206 valence electrons. The quantitative estimate of drug-likeness (QED) is 0.329. The van der Waals surface area contributed by atoms with Gasteiger partial charge < -0.3 is 15.0 Å². The van der Waals surface area contributed by atoms with Crippen molar-refractivity contribution in [2.75, 3.05) is 32.4 Å². The summed E-state index contributed by atoms with van der Waals surface area (Å²) in [6.45, 7) is 3.54. The number of aliphatic hydroxyl groups excluding tert-OH is 1. The maximum atomic E-state index is 12.3. The highest BCUT2D eigenvalue weighted by Crippen LogP contribution is 2.34. The first-order valence-electron chi connectivity index (χ1n) is 13.4. The van der Waals surface area contributed by atoms with Crippen LogP contribution in [0.1, 0.15) is 35.6 Å². The van der Waals surface area contributed by atoms with Gasteiger partial charge in [-0.15, -0.1) is 0 Å². The molecule has 1 atom stereocenters. The first-order chi connectivity index (χ1) is 18.8. The molecule has 0 radical (unpaired) electrons. The Bertz CT molecular complexity index is 1570. The van der Waals surface area contributed by atoms with Crippen molar-refractivity contribution in [3.05, 3.63) is 70.1 Å². The van der Waals surface area contributed by atoms with Gasteiger partial charge in [0.15, 0.2) is 0 Å². The van der Waals surface area contributed by atoms with Gasteiger partial charge in [-0.25, -0.2) is 13.4 Å². The van der Waals surface area contributed by atoms with Crippen LogP contribution in [0.4, 0.5) is 0 Å². The second-order valence-electron chi connectivity index (χ2n) is 10.7. The Kier molecular flexibility index (Phi) is 7.36. The lowest BCUT2D eigenvalue weighted by atomic mass is 9.89. The van der Waals surface area contributed by atoms with Gasteiger partial charge in [-0.05, 0) is 61.7 Å². The van der Waals surface area contributed by atoms with Crippen LogP contribution in [0.3, 0.4) is 0 Å². The van der Waals surface area contributed by atoms with Gasteiger partial charge in [-0.3, -0.25) is 4.68 Å². The number of piperidine rings is 1. The van der Waals surface area contributed by atoms with E-state index in [4.69, 9.17) is 5.10 Å². The van der Waals surface area contributed by atoms with E-state index in [0.29, 0.717) is 38.5 Å². The highest BCUT2D eigenvalue weighted by Gasteiger charge is 2.31. The van der Waals surface area contributed by atoms with E-state index in [0.717, 1.165) is 58.6 Å². The van der Waals surface area contributed by atoms with E-state index in [1.807, 2.05) is 41.2 Å². The Morgan fingerprint density at radius 2 is 1.90 bits per heavy atom. The lowest BCUT2D eigenvalue weighted by Crippen LogP contribution is -2.40. The molecule has 5 heterocycles. The number of fused-ring (bicyclic) bond motifs is 2. The van der Waals surface area contributed by atoms with Crippen LogP contribution in [-0.4, -0.2) is 81.0 Å². The molecule has 9 nitrogen and oxygen atoms in total. The minimum absolute atomic E-state index is 0.298. The lowest BCUT2D eigenvalue weighted by molar-refractivity contribution is 0.0815. The number of β-amino-alcohol motifs (C(OH)–C–C–N with tert-alkyl or cyclic N) is 1. The lowest BCUT2D eigenvalue weighted by Gasteiger charge is -2.33. The molecule has 0 spiro atoms. The first-order valence-corrected chi connectivity index (χ1v) is 16.0. The van der Waals surface area contributed by atoms with Crippen molar-refractivity contribution in [1.82, 2.24) is 29.0 Å². The summed E-state index contributed by atoms with van der Waals surface area (Å²) in [5, 5.41) is 17.2. The number of nitrogens with one attached hydrogen (secondary N) is 1. The maximum Gasteiger partial charge on any atom is 0.211 e. The molecule has 11 heteroatoms. The van der Waals surface area contributed by atoms with Crippen LogP contribution < -0.4 is 0 Å². The summed E-state index contributed by atoms with van der Waals surface area (Å²) < 4.78 is 29.0. The SMILES string of the molecule is CS(=O)(=O)N1CCc2c(c(-c3ccc(Br)cc3)nn2CC(O)CN2CCC(c3c[nH]c4ncccc34)CC2)C1. The molecule has 0 bridgehead atoms. The zero-order valence-corrected chi connectivity index (χ0v) is 24.3. The van der Waals surface area contributed by atoms with Crippen molar-refractivity contribution in [3.8, 4) is 11.3 Å².